The van der Waals surface area contributed by atoms with Gasteiger partial charge in [0.2, 0.25) is 5.91 Å². The summed E-state index contributed by atoms with van der Waals surface area (Å²) in [5.41, 5.74) is 1.37. The number of benzene rings is 2. The van der Waals surface area contributed by atoms with E-state index in [1.165, 1.54) is 0 Å². The lowest BCUT2D eigenvalue weighted by atomic mass is 9.73. The van der Waals surface area contributed by atoms with Crippen LogP contribution in [0.15, 0.2) is 59.2 Å². The van der Waals surface area contributed by atoms with Gasteiger partial charge in [0.15, 0.2) is 0 Å². The molecule has 1 aromatic heterocycles. The monoisotopic (exact) mass is 393 g/mol. The van der Waals surface area contributed by atoms with E-state index in [1.54, 1.807) is 24.3 Å². The number of furan rings is 1. The molecule has 1 N–H and O–H groups in total. The molecule has 1 fully saturated rings. The van der Waals surface area contributed by atoms with Crippen molar-refractivity contribution in [3.63, 3.8) is 0 Å². The predicted molar refractivity (Wildman–Crippen MR) is 108 cm³/mol. The van der Waals surface area contributed by atoms with Crippen molar-refractivity contribution in [2.75, 3.05) is 20.2 Å². The highest BCUT2D eigenvalue weighted by Crippen LogP contribution is 2.36. The molecule has 1 aliphatic rings. The number of amides is 1. The van der Waals surface area contributed by atoms with Gasteiger partial charge in [-0.05, 0) is 30.5 Å². The van der Waals surface area contributed by atoms with Crippen LogP contribution in [0.3, 0.4) is 0 Å². The summed E-state index contributed by atoms with van der Waals surface area (Å²) in [7, 11) is 1.59. The molecule has 1 saturated heterocycles. The number of carbonyl (C=O) groups is 2. The predicted octanol–water partition coefficient (Wildman–Crippen LogP) is 3.63. The van der Waals surface area contributed by atoms with Crippen LogP contribution in [0.4, 0.5) is 0 Å². The molecule has 6 heteroatoms. The number of carboxylic acid groups (broad SMARTS) is 1. The Labute approximate surface area is 168 Å². The summed E-state index contributed by atoms with van der Waals surface area (Å²) < 4.78 is 10.8. The molecule has 1 aliphatic heterocycles. The smallest absolute Gasteiger partial charge is 0.314 e. The van der Waals surface area contributed by atoms with Gasteiger partial charge in [0.25, 0.3) is 0 Å². The van der Waals surface area contributed by atoms with Crippen molar-refractivity contribution in [3.8, 4) is 5.75 Å². The Hall–Kier alpha value is -3.28. The van der Waals surface area contributed by atoms with Crippen molar-refractivity contribution in [2.24, 2.45) is 0 Å². The fourth-order valence-electron chi connectivity index (χ4n) is 4.12. The summed E-state index contributed by atoms with van der Waals surface area (Å²) in [6, 6.07) is 14.8. The third-order valence-corrected chi connectivity index (χ3v) is 5.91. The van der Waals surface area contributed by atoms with Crippen molar-refractivity contribution in [1.82, 2.24) is 4.90 Å². The van der Waals surface area contributed by atoms with Gasteiger partial charge in [-0.15, -0.1) is 0 Å². The van der Waals surface area contributed by atoms with Crippen LogP contribution in [0.5, 0.6) is 5.75 Å². The molecule has 0 radical (unpaired) electrons. The highest BCUT2D eigenvalue weighted by molar-refractivity contribution is 5.89. The fraction of sp³-hybridized carbons (Fsp3) is 0.304. The highest BCUT2D eigenvalue weighted by Gasteiger charge is 2.43. The first-order valence-corrected chi connectivity index (χ1v) is 9.64. The van der Waals surface area contributed by atoms with Gasteiger partial charge in [-0.3, -0.25) is 9.59 Å². The average Bonchev–Trinajstić information content (AvgIpc) is 3.16. The van der Waals surface area contributed by atoms with Gasteiger partial charge < -0.3 is 19.2 Å². The number of carbonyl (C=O) groups excluding carboxylic acids is 1. The maximum absolute atomic E-state index is 12.9. The van der Waals surface area contributed by atoms with Crippen LogP contribution in [-0.4, -0.2) is 42.1 Å². The third kappa shape index (κ3) is 3.46. The first-order chi connectivity index (χ1) is 14.0. The average molecular weight is 393 g/mol. The van der Waals surface area contributed by atoms with E-state index in [0.717, 1.165) is 16.5 Å². The molecule has 0 saturated carbocycles. The minimum absolute atomic E-state index is 0.0180. The van der Waals surface area contributed by atoms with Crippen LogP contribution in [0.25, 0.3) is 11.0 Å². The Kier molecular flexibility index (Phi) is 5.01. The second kappa shape index (κ2) is 7.62. The number of likely N-dealkylation sites (tertiary alicyclic amines) is 1. The Morgan fingerprint density at radius 2 is 1.86 bits per heavy atom. The van der Waals surface area contributed by atoms with Gasteiger partial charge in [-0.25, -0.2) is 0 Å². The minimum Gasteiger partial charge on any atom is -0.497 e. The molecule has 150 valence electrons. The Morgan fingerprint density at radius 3 is 2.52 bits per heavy atom. The lowest BCUT2D eigenvalue weighted by molar-refractivity contribution is -0.148. The van der Waals surface area contributed by atoms with E-state index < -0.39 is 11.4 Å². The van der Waals surface area contributed by atoms with Crippen molar-refractivity contribution in [2.45, 2.75) is 24.7 Å². The number of methoxy groups -OCH3 is 1. The van der Waals surface area contributed by atoms with Crippen LogP contribution in [0.2, 0.25) is 0 Å². The number of ether oxygens (including phenoxy) is 1. The zero-order chi connectivity index (χ0) is 20.4. The molecule has 0 spiro atoms. The number of fused-ring (bicyclic) bond motifs is 1. The second-order valence-corrected chi connectivity index (χ2v) is 7.43. The van der Waals surface area contributed by atoms with Crippen LogP contribution in [0, 0.1) is 0 Å². The van der Waals surface area contributed by atoms with E-state index in [2.05, 4.69) is 0 Å². The van der Waals surface area contributed by atoms with Crippen molar-refractivity contribution < 1.29 is 23.8 Å². The van der Waals surface area contributed by atoms with Crippen LogP contribution in [0.1, 0.15) is 24.0 Å². The van der Waals surface area contributed by atoms with E-state index in [0.29, 0.717) is 37.3 Å². The van der Waals surface area contributed by atoms with Gasteiger partial charge in [0.1, 0.15) is 11.3 Å². The van der Waals surface area contributed by atoms with E-state index in [9.17, 15) is 14.7 Å². The van der Waals surface area contributed by atoms with E-state index in [1.807, 2.05) is 42.5 Å². The van der Waals surface area contributed by atoms with Crippen LogP contribution in [-0.2, 0) is 21.4 Å². The number of aliphatic carboxylic acids is 1. The topological polar surface area (TPSA) is 80.0 Å². The molecular weight excluding hydrogens is 370 g/mol. The first-order valence-electron chi connectivity index (χ1n) is 9.64. The summed E-state index contributed by atoms with van der Waals surface area (Å²) in [6.07, 6.45) is 2.64. The van der Waals surface area contributed by atoms with Gasteiger partial charge in [0.05, 0.1) is 25.2 Å². The maximum Gasteiger partial charge on any atom is 0.314 e. The van der Waals surface area contributed by atoms with Gasteiger partial charge >= 0.3 is 5.97 Å². The fourth-order valence-corrected chi connectivity index (χ4v) is 4.12. The first kappa shape index (κ1) is 19.1. The number of rotatable bonds is 5. The molecule has 6 nitrogen and oxygen atoms in total. The lowest BCUT2D eigenvalue weighted by Crippen LogP contribution is -2.49. The van der Waals surface area contributed by atoms with E-state index in [4.69, 9.17) is 9.15 Å². The summed E-state index contributed by atoms with van der Waals surface area (Å²) in [6.45, 7) is 0.841. The summed E-state index contributed by atoms with van der Waals surface area (Å²) in [5, 5.41) is 10.8. The zero-order valence-corrected chi connectivity index (χ0v) is 16.3. The Balaban J connectivity index is 1.47. The van der Waals surface area contributed by atoms with E-state index >= 15 is 0 Å². The summed E-state index contributed by atoms with van der Waals surface area (Å²) in [4.78, 5) is 26.7. The van der Waals surface area contributed by atoms with Crippen molar-refractivity contribution in [1.29, 1.82) is 0 Å². The Bertz CT molecular complexity index is 1030. The molecule has 1 amide bonds. The standard InChI is InChI=1S/C23H23NO5/c1-28-18-7-8-19-16(15-29-20(19)14-18)13-21(25)24-11-9-23(10-12-24,22(26)27)17-5-3-2-4-6-17/h2-8,14-15H,9-13H2,1H3,(H,26,27). The second-order valence-electron chi connectivity index (χ2n) is 7.43. The highest BCUT2D eigenvalue weighted by atomic mass is 16.5. The number of hydrogen-bond acceptors (Lipinski definition) is 4. The third-order valence-electron chi connectivity index (χ3n) is 5.91. The van der Waals surface area contributed by atoms with Crippen LogP contribution < -0.4 is 4.74 Å². The molecule has 0 atom stereocenters. The van der Waals surface area contributed by atoms with Crippen molar-refractivity contribution in [3.05, 3.63) is 65.9 Å². The van der Waals surface area contributed by atoms with Crippen molar-refractivity contribution >= 4 is 22.8 Å². The van der Waals surface area contributed by atoms with Gasteiger partial charge in [-0.2, -0.15) is 0 Å². The zero-order valence-electron chi connectivity index (χ0n) is 16.3. The molecule has 3 aromatic rings. The van der Waals surface area contributed by atoms with Gasteiger partial charge in [0, 0.05) is 30.1 Å². The number of nitrogens with zero attached hydrogens (tertiary/aromatic N) is 1. The SMILES string of the molecule is COc1ccc2c(CC(=O)N3CCC(C(=O)O)(c4ccccc4)CC3)coc2c1. The molecule has 4 rings (SSSR count). The molecule has 2 aromatic carbocycles. The molecule has 0 unspecified atom stereocenters. The lowest BCUT2D eigenvalue weighted by Gasteiger charge is -2.39. The maximum atomic E-state index is 12.9. The number of piperidine rings is 1. The normalized spacial score (nSPS) is 16.0. The van der Waals surface area contributed by atoms with E-state index in [-0.39, 0.29) is 12.3 Å². The molecule has 0 aliphatic carbocycles. The van der Waals surface area contributed by atoms with Crippen LogP contribution >= 0.6 is 0 Å². The molecular formula is C23H23NO5. The largest absolute Gasteiger partial charge is 0.497 e. The minimum atomic E-state index is -0.934. The molecule has 0 bridgehead atoms. The number of hydrogen-bond donors (Lipinski definition) is 1. The Morgan fingerprint density at radius 1 is 1.14 bits per heavy atom. The molecule has 29 heavy (non-hydrogen) atoms. The van der Waals surface area contributed by atoms with Gasteiger partial charge in [-0.1, -0.05) is 30.3 Å². The molecule has 2 heterocycles. The summed E-state index contributed by atoms with van der Waals surface area (Å²) in [5.74, 6) is -0.146. The number of carboxylic acids is 1. The summed E-state index contributed by atoms with van der Waals surface area (Å²) >= 11 is 0. The quantitative estimate of drug-likeness (QED) is 0.716.